The molecular weight excluding hydrogens is 270 g/mol. The molecule has 98 valence electrons. The Morgan fingerprint density at radius 3 is 2.10 bits per heavy atom. The van der Waals surface area contributed by atoms with Gasteiger partial charge in [0.1, 0.15) is 9.88 Å². The van der Waals surface area contributed by atoms with Crippen LogP contribution in [-0.2, 0) is 0 Å². The van der Waals surface area contributed by atoms with Crippen molar-refractivity contribution >= 4 is 17.3 Å². The zero-order chi connectivity index (χ0) is 13.9. The molecule has 0 saturated carbocycles. The minimum absolute atomic E-state index is 0.257. The molecule has 0 aliphatic heterocycles. The molecule has 0 bridgehead atoms. The molecule has 0 radical (unpaired) electrons. The van der Waals surface area contributed by atoms with Crippen LogP contribution in [0.5, 0.6) is 0 Å². The molecule has 3 aromatic rings. The molecule has 0 fully saturated rings. The molecule has 3 rings (SSSR count). The van der Waals surface area contributed by atoms with Gasteiger partial charge in [-0.2, -0.15) is 0 Å². The van der Waals surface area contributed by atoms with E-state index in [0.717, 1.165) is 21.7 Å². The van der Waals surface area contributed by atoms with Crippen molar-refractivity contribution in [3.8, 4) is 21.7 Å². The number of nitrogens with zero attached hydrogens (tertiary/aromatic N) is 1. The van der Waals surface area contributed by atoms with Crippen molar-refractivity contribution in [3.63, 3.8) is 0 Å². The predicted octanol–water partition coefficient (Wildman–Crippen LogP) is 4.18. The van der Waals surface area contributed by atoms with Gasteiger partial charge in [0.25, 0.3) is 0 Å². The van der Waals surface area contributed by atoms with Crippen LogP contribution in [0.2, 0.25) is 0 Å². The summed E-state index contributed by atoms with van der Waals surface area (Å²) >= 11 is 1.19. The lowest BCUT2D eigenvalue weighted by Crippen LogP contribution is -1.89. The van der Waals surface area contributed by atoms with Gasteiger partial charge in [-0.25, -0.2) is 9.78 Å². The molecule has 4 heteroatoms. The minimum atomic E-state index is -0.936. The monoisotopic (exact) mass is 281 g/mol. The normalized spacial score (nSPS) is 10.4. The molecule has 3 nitrogen and oxygen atoms in total. The first-order valence-corrected chi connectivity index (χ1v) is 6.91. The first-order chi connectivity index (χ1) is 9.74. The first kappa shape index (κ1) is 12.6. The minimum Gasteiger partial charge on any atom is -0.477 e. The molecule has 0 unspecified atom stereocenters. The van der Waals surface area contributed by atoms with Gasteiger partial charge in [0.2, 0.25) is 0 Å². The summed E-state index contributed by atoms with van der Waals surface area (Å²) in [6, 6.07) is 18.1. The Bertz CT molecular complexity index is 733. The van der Waals surface area contributed by atoms with E-state index in [0.29, 0.717) is 0 Å². The van der Waals surface area contributed by atoms with Gasteiger partial charge >= 0.3 is 5.97 Å². The van der Waals surface area contributed by atoms with Crippen LogP contribution in [0, 0.1) is 0 Å². The largest absolute Gasteiger partial charge is 0.477 e. The molecule has 0 spiro atoms. The van der Waals surface area contributed by atoms with Crippen molar-refractivity contribution in [2.24, 2.45) is 0 Å². The number of hydrogen-bond acceptors (Lipinski definition) is 3. The fourth-order valence-electron chi connectivity index (χ4n) is 1.94. The highest BCUT2D eigenvalue weighted by Gasteiger charge is 2.09. The number of aromatic nitrogens is 1. The van der Waals surface area contributed by atoms with Crippen LogP contribution in [0.4, 0.5) is 0 Å². The summed E-state index contributed by atoms with van der Waals surface area (Å²) in [5.41, 5.74) is 3.22. The lowest BCUT2D eigenvalue weighted by molar-refractivity contribution is 0.0702. The van der Waals surface area contributed by atoms with Crippen LogP contribution < -0.4 is 0 Å². The molecule has 1 heterocycles. The fourth-order valence-corrected chi connectivity index (χ4v) is 2.70. The number of rotatable bonds is 3. The fraction of sp³-hybridized carbons (Fsp3) is 0. The van der Waals surface area contributed by atoms with Crippen molar-refractivity contribution < 1.29 is 9.90 Å². The lowest BCUT2D eigenvalue weighted by Gasteiger charge is -2.02. The Balaban J connectivity index is 1.91. The maximum absolute atomic E-state index is 10.9. The van der Waals surface area contributed by atoms with Crippen LogP contribution in [0.1, 0.15) is 9.67 Å². The predicted molar refractivity (Wildman–Crippen MR) is 79.9 cm³/mol. The van der Waals surface area contributed by atoms with Crippen molar-refractivity contribution in [1.29, 1.82) is 0 Å². The van der Waals surface area contributed by atoms with Gasteiger partial charge in [-0.05, 0) is 11.1 Å². The number of carboxylic acid groups (broad SMARTS) is 1. The van der Waals surface area contributed by atoms with Crippen molar-refractivity contribution in [2.45, 2.75) is 0 Å². The molecule has 0 aliphatic carbocycles. The second-order valence-electron chi connectivity index (χ2n) is 4.28. The summed E-state index contributed by atoms with van der Waals surface area (Å²) in [7, 11) is 0. The summed E-state index contributed by atoms with van der Waals surface area (Å²) in [5.74, 6) is -0.936. The number of benzene rings is 2. The molecule has 0 saturated heterocycles. The van der Waals surface area contributed by atoms with Crippen LogP contribution in [-0.4, -0.2) is 16.1 Å². The summed E-state index contributed by atoms with van der Waals surface area (Å²) in [6.45, 7) is 0. The molecule has 0 amide bonds. The number of thiazole rings is 1. The first-order valence-electron chi connectivity index (χ1n) is 6.09. The maximum atomic E-state index is 10.9. The summed E-state index contributed by atoms with van der Waals surface area (Å²) < 4.78 is 0. The average Bonchev–Trinajstić information content (AvgIpc) is 2.98. The Hall–Kier alpha value is -2.46. The van der Waals surface area contributed by atoms with Gasteiger partial charge in [-0.3, -0.25) is 0 Å². The van der Waals surface area contributed by atoms with Crippen molar-refractivity contribution in [3.05, 3.63) is 65.7 Å². The molecular formula is C16H11NO2S. The second-order valence-corrected chi connectivity index (χ2v) is 5.31. The SMILES string of the molecule is O=C(O)c1cnc(-c2ccc(-c3ccccc3)cc2)s1. The van der Waals surface area contributed by atoms with Crippen molar-refractivity contribution in [1.82, 2.24) is 4.98 Å². The van der Waals surface area contributed by atoms with Crippen LogP contribution in [0.15, 0.2) is 60.8 Å². The van der Waals surface area contributed by atoms with Gasteiger partial charge in [-0.15, -0.1) is 11.3 Å². The highest BCUT2D eigenvalue weighted by atomic mass is 32.1. The van der Waals surface area contributed by atoms with E-state index in [1.54, 1.807) is 0 Å². The quantitative estimate of drug-likeness (QED) is 0.783. The van der Waals surface area contributed by atoms with Gasteiger partial charge in [-0.1, -0.05) is 54.6 Å². The van der Waals surface area contributed by atoms with E-state index >= 15 is 0 Å². The number of hydrogen-bond donors (Lipinski definition) is 1. The summed E-state index contributed by atoms with van der Waals surface area (Å²) in [4.78, 5) is 15.3. The Morgan fingerprint density at radius 1 is 0.900 bits per heavy atom. The topological polar surface area (TPSA) is 50.2 Å². The third kappa shape index (κ3) is 2.46. The maximum Gasteiger partial charge on any atom is 0.347 e. The third-order valence-electron chi connectivity index (χ3n) is 2.96. The van der Waals surface area contributed by atoms with Gasteiger partial charge in [0.05, 0.1) is 6.20 Å². The van der Waals surface area contributed by atoms with E-state index in [2.05, 4.69) is 17.1 Å². The number of carboxylic acids is 1. The average molecular weight is 281 g/mol. The zero-order valence-corrected chi connectivity index (χ0v) is 11.3. The summed E-state index contributed by atoms with van der Waals surface area (Å²) in [6.07, 6.45) is 1.40. The highest BCUT2D eigenvalue weighted by molar-refractivity contribution is 7.16. The molecule has 1 N–H and O–H groups in total. The van der Waals surface area contributed by atoms with E-state index in [1.807, 2.05) is 42.5 Å². The Kier molecular flexibility index (Phi) is 3.31. The Morgan fingerprint density at radius 2 is 1.50 bits per heavy atom. The van der Waals surface area contributed by atoms with Crippen molar-refractivity contribution in [2.75, 3.05) is 0 Å². The van der Waals surface area contributed by atoms with Gasteiger partial charge in [0, 0.05) is 5.56 Å². The second kappa shape index (κ2) is 5.27. The van der Waals surface area contributed by atoms with Crippen LogP contribution >= 0.6 is 11.3 Å². The highest BCUT2D eigenvalue weighted by Crippen LogP contribution is 2.27. The van der Waals surface area contributed by atoms with E-state index in [1.165, 1.54) is 17.5 Å². The van der Waals surface area contributed by atoms with E-state index in [-0.39, 0.29) is 4.88 Å². The van der Waals surface area contributed by atoms with E-state index < -0.39 is 5.97 Å². The Labute approximate surface area is 120 Å². The third-order valence-corrected chi connectivity index (χ3v) is 3.99. The molecule has 0 atom stereocenters. The molecule has 0 aliphatic rings. The lowest BCUT2D eigenvalue weighted by atomic mass is 10.0. The van der Waals surface area contributed by atoms with E-state index in [4.69, 9.17) is 5.11 Å². The van der Waals surface area contributed by atoms with Gasteiger partial charge < -0.3 is 5.11 Å². The molecule has 1 aromatic heterocycles. The molecule has 2 aromatic carbocycles. The summed E-state index contributed by atoms with van der Waals surface area (Å²) in [5, 5.41) is 9.63. The van der Waals surface area contributed by atoms with E-state index in [9.17, 15) is 4.79 Å². The number of aromatic carboxylic acids is 1. The van der Waals surface area contributed by atoms with Crippen LogP contribution in [0.25, 0.3) is 21.7 Å². The van der Waals surface area contributed by atoms with Crippen LogP contribution in [0.3, 0.4) is 0 Å². The molecule has 20 heavy (non-hydrogen) atoms. The van der Waals surface area contributed by atoms with Gasteiger partial charge in [0.15, 0.2) is 0 Å². The number of carbonyl (C=O) groups is 1. The smallest absolute Gasteiger partial charge is 0.347 e. The standard InChI is InChI=1S/C16H11NO2S/c18-16(19)14-10-17-15(20-14)13-8-6-12(7-9-13)11-4-2-1-3-5-11/h1-10H,(H,18,19). The zero-order valence-electron chi connectivity index (χ0n) is 10.5.